The molecule has 0 aromatic carbocycles. The van der Waals surface area contributed by atoms with Crippen molar-refractivity contribution in [3.8, 4) is 0 Å². The van der Waals surface area contributed by atoms with Gasteiger partial charge >= 0.3 is 0 Å². The number of allylic oxidation sites excluding steroid dienone is 1. The van der Waals surface area contributed by atoms with Gasteiger partial charge in [-0.2, -0.15) is 0 Å². The van der Waals surface area contributed by atoms with E-state index in [2.05, 4.69) is 11.9 Å². The van der Waals surface area contributed by atoms with Gasteiger partial charge in [0.2, 0.25) is 5.91 Å². The summed E-state index contributed by atoms with van der Waals surface area (Å²) in [6.45, 7) is 5.59. The first-order chi connectivity index (χ1) is 6.24. The zero-order chi connectivity index (χ0) is 9.68. The smallest absolute Gasteiger partial charge is 0.223 e. The molecule has 0 aromatic rings. The van der Waals surface area contributed by atoms with E-state index < -0.39 is 0 Å². The van der Waals surface area contributed by atoms with Crippen LogP contribution in [-0.4, -0.2) is 11.9 Å². The van der Waals surface area contributed by atoms with Gasteiger partial charge in [-0.15, -0.1) is 6.58 Å². The van der Waals surface area contributed by atoms with E-state index in [-0.39, 0.29) is 11.8 Å². The number of rotatable bonds is 4. The largest absolute Gasteiger partial charge is 0.353 e. The van der Waals surface area contributed by atoms with Gasteiger partial charge in [-0.25, -0.2) is 0 Å². The van der Waals surface area contributed by atoms with Crippen molar-refractivity contribution < 1.29 is 4.79 Å². The number of nitrogens with one attached hydrogen (secondary N) is 1. The molecule has 0 heterocycles. The summed E-state index contributed by atoms with van der Waals surface area (Å²) in [6.07, 6.45) is 7.43. The highest BCUT2D eigenvalue weighted by Gasteiger charge is 2.19. The lowest BCUT2D eigenvalue weighted by atomic mass is 10.1. The lowest BCUT2D eigenvalue weighted by molar-refractivity contribution is -0.125. The van der Waals surface area contributed by atoms with Crippen LogP contribution in [0.5, 0.6) is 0 Å². The molecule has 0 bridgehead atoms. The zero-order valence-electron chi connectivity index (χ0n) is 8.38. The fourth-order valence-electron chi connectivity index (χ4n) is 1.77. The lowest BCUT2D eigenvalue weighted by Crippen LogP contribution is -2.36. The van der Waals surface area contributed by atoms with Crippen LogP contribution in [0.25, 0.3) is 0 Å². The average Bonchev–Trinajstić information content (AvgIpc) is 2.57. The highest BCUT2D eigenvalue weighted by Crippen LogP contribution is 2.18. The van der Waals surface area contributed by atoms with Gasteiger partial charge in [-0.3, -0.25) is 4.79 Å². The van der Waals surface area contributed by atoms with Gasteiger partial charge in [-0.05, 0) is 19.3 Å². The van der Waals surface area contributed by atoms with Crippen LogP contribution >= 0.6 is 0 Å². The summed E-state index contributed by atoms with van der Waals surface area (Å²) in [6, 6.07) is 0.444. The van der Waals surface area contributed by atoms with Crippen LogP contribution < -0.4 is 5.32 Å². The molecule has 1 unspecified atom stereocenters. The molecule has 1 rings (SSSR count). The molecule has 13 heavy (non-hydrogen) atoms. The molecule has 0 spiro atoms. The van der Waals surface area contributed by atoms with E-state index >= 15 is 0 Å². The summed E-state index contributed by atoms with van der Waals surface area (Å²) in [7, 11) is 0. The molecule has 1 atom stereocenters. The molecule has 2 nitrogen and oxygen atoms in total. The zero-order valence-corrected chi connectivity index (χ0v) is 8.38. The summed E-state index contributed by atoms with van der Waals surface area (Å²) in [4.78, 5) is 11.5. The van der Waals surface area contributed by atoms with E-state index in [9.17, 15) is 4.79 Å². The molecule has 1 aliphatic rings. The van der Waals surface area contributed by atoms with Crippen molar-refractivity contribution in [3.05, 3.63) is 12.7 Å². The van der Waals surface area contributed by atoms with Gasteiger partial charge < -0.3 is 5.32 Å². The van der Waals surface area contributed by atoms with Crippen LogP contribution in [0.1, 0.15) is 39.0 Å². The van der Waals surface area contributed by atoms with Crippen LogP contribution in [0.4, 0.5) is 0 Å². The van der Waals surface area contributed by atoms with Crippen molar-refractivity contribution in [1.29, 1.82) is 0 Å². The first kappa shape index (κ1) is 10.3. The number of carbonyl (C=O) groups excluding carboxylic acids is 1. The Balaban J connectivity index is 2.26. The Morgan fingerprint density at radius 2 is 2.23 bits per heavy atom. The van der Waals surface area contributed by atoms with E-state index in [1.807, 2.05) is 6.92 Å². The molecule has 0 saturated heterocycles. The van der Waals surface area contributed by atoms with Gasteiger partial charge in [0.15, 0.2) is 0 Å². The molecule has 74 valence electrons. The van der Waals surface area contributed by atoms with E-state index in [0.717, 1.165) is 19.3 Å². The Labute approximate surface area is 80.4 Å². The second-order valence-corrected chi connectivity index (χ2v) is 3.92. The highest BCUT2D eigenvalue weighted by molar-refractivity contribution is 5.78. The minimum atomic E-state index is 0.0816. The number of carbonyl (C=O) groups is 1. The Hall–Kier alpha value is -0.790. The first-order valence-electron chi connectivity index (χ1n) is 5.15. The second kappa shape index (κ2) is 5.05. The number of amides is 1. The number of hydrogen-bond acceptors (Lipinski definition) is 1. The van der Waals surface area contributed by atoms with Crippen molar-refractivity contribution in [2.24, 2.45) is 5.92 Å². The van der Waals surface area contributed by atoms with Crippen LogP contribution in [0.15, 0.2) is 12.7 Å². The van der Waals surface area contributed by atoms with Crippen molar-refractivity contribution in [2.75, 3.05) is 0 Å². The molecule has 2 heteroatoms. The van der Waals surface area contributed by atoms with Gasteiger partial charge in [-0.1, -0.05) is 25.8 Å². The fourth-order valence-corrected chi connectivity index (χ4v) is 1.77. The molecule has 1 saturated carbocycles. The summed E-state index contributed by atoms with van der Waals surface area (Å²) in [5.41, 5.74) is 0. The maximum atomic E-state index is 11.5. The summed E-state index contributed by atoms with van der Waals surface area (Å²) < 4.78 is 0. The third-order valence-electron chi connectivity index (χ3n) is 2.67. The first-order valence-corrected chi connectivity index (χ1v) is 5.15. The van der Waals surface area contributed by atoms with Crippen LogP contribution in [-0.2, 0) is 4.79 Å². The lowest BCUT2D eigenvalue weighted by Gasteiger charge is -2.15. The molecule has 1 aliphatic carbocycles. The average molecular weight is 181 g/mol. The summed E-state index contributed by atoms with van der Waals surface area (Å²) >= 11 is 0. The van der Waals surface area contributed by atoms with Crippen LogP contribution in [0.3, 0.4) is 0 Å². The van der Waals surface area contributed by atoms with Gasteiger partial charge in [0, 0.05) is 12.0 Å². The van der Waals surface area contributed by atoms with E-state index in [1.165, 1.54) is 12.8 Å². The Morgan fingerprint density at radius 1 is 1.62 bits per heavy atom. The predicted molar refractivity (Wildman–Crippen MR) is 54.4 cm³/mol. The molecule has 1 N–H and O–H groups in total. The Bertz CT molecular complexity index is 183. The predicted octanol–water partition coefficient (Wildman–Crippen LogP) is 2.26. The molecular formula is C11H19NO. The minimum Gasteiger partial charge on any atom is -0.353 e. The van der Waals surface area contributed by atoms with Crippen LogP contribution in [0, 0.1) is 5.92 Å². The van der Waals surface area contributed by atoms with Crippen molar-refractivity contribution in [2.45, 2.75) is 45.1 Å². The summed E-state index contributed by atoms with van der Waals surface area (Å²) in [5, 5.41) is 3.08. The normalized spacial score (nSPS) is 19.8. The monoisotopic (exact) mass is 181 g/mol. The van der Waals surface area contributed by atoms with Gasteiger partial charge in [0.1, 0.15) is 0 Å². The van der Waals surface area contributed by atoms with E-state index in [0.29, 0.717) is 6.04 Å². The van der Waals surface area contributed by atoms with Gasteiger partial charge in [0.25, 0.3) is 0 Å². The van der Waals surface area contributed by atoms with Crippen molar-refractivity contribution >= 4 is 5.91 Å². The molecule has 0 aliphatic heterocycles. The van der Waals surface area contributed by atoms with Crippen molar-refractivity contribution in [1.82, 2.24) is 5.32 Å². The third kappa shape index (κ3) is 3.21. The molecule has 1 fully saturated rings. The van der Waals surface area contributed by atoms with Crippen LogP contribution in [0.2, 0.25) is 0 Å². The Morgan fingerprint density at radius 3 is 2.77 bits per heavy atom. The van der Waals surface area contributed by atoms with Crippen molar-refractivity contribution in [3.63, 3.8) is 0 Å². The third-order valence-corrected chi connectivity index (χ3v) is 2.67. The molecule has 0 radical (unpaired) electrons. The maximum absolute atomic E-state index is 11.5. The second-order valence-electron chi connectivity index (χ2n) is 3.92. The van der Waals surface area contributed by atoms with E-state index in [4.69, 9.17) is 0 Å². The molecular weight excluding hydrogens is 162 g/mol. The summed E-state index contributed by atoms with van der Waals surface area (Å²) in [5.74, 6) is 0.268. The van der Waals surface area contributed by atoms with Gasteiger partial charge in [0.05, 0.1) is 0 Å². The minimum absolute atomic E-state index is 0.0816. The Kier molecular flexibility index (Phi) is 4.00. The molecule has 1 amide bonds. The fraction of sp³-hybridized carbons (Fsp3) is 0.727. The SMILES string of the molecule is C=CCC(C)C(=O)NC1CCCC1. The highest BCUT2D eigenvalue weighted by atomic mass is 16.1. The number of hydrogen-bond donors (Lipinski definition) is 1. The maximum Gasteiger partial charge on any atom is 0.223 e. The van der Waals surface area contributed by atoms with E-state index in [1.54, 1.807) is 6.08 Å². The quantitative estimate of drug-likeness (QED) is 0.662. The molecule has 0 aromatic heterocycles. The topological polar surface area (TPSA) is 29.1 Å². The standard InChI is InChI=1S/C11H19NO/c1-3-6-9(2)11(13)12-10-7-4-5-8-10/h3,9-10H,1,4-8H2,2H3,(H,12,13).